The van der Waals surface area contributed by atoms with Crippen molar-refractivity contribution in [1.29, 1.82) is 0 Å². The van der Waals surface area contributed by atoms with Crippen LogP contribution in [-0.4, -0.2) is 58.1 Å². The molecule has 0 spiro atoms. The minimum atomic E-state index is 0.296. The number of hydrogen-bond acceptors (Lipinski definition) is 5. The Morgan fingerprint density at radius 1 is 0.367 bits per heavy atom. The zero-order valence-electron chi connectivity index (χ0n) is 31.7. The molecule has 6 rings (SSSR count). The fourth-order valence-corrected chi connectivity index (χ4v) is 11.3. The van der Waals surface area contributed by atoms with Crippen molar-refractivity contribution in [2.75, 3.05) is 21.3 Å². The third-order valence-corrected chi connectivity index (χ3v) is 14.6. The molecule has 6 aliphatic rings. The Morgan fingerprint density at radius 2 is 0.633 bits per heavy atom. The van der Waals surface area contributed by atoms with E-state index in [9.17, 15) is 4.79 Å². The lowest BCUT2D eigenvalue weighted by Crippen LogP contribution is -2.31. The van der Waals surface area contributed by atoms with Gasteiger partial charge in [-0.3, -0.25) is 0 Å². The van der Waals surface area contributed by atoms with Gasteiger partial charge >= 0.3 is 0 Å². The third-order valence-electron chi connectivity index (χ3n) is 14.6. The molecule has 278 valence electrons. The number of hydrogen-bond donors (Lipinski definition) is 0. The molecular weight excluding hydrogens is 608 g/mol. The molecule has 49 heavy (non-hydrogen) atoms. The number of allylic oxidation sites excluding steroid dienone is 4. The van der Waals surface area contributed by atoms with Crippen LogP contribution in [0.4, 0.5) is 0 Å². The molecule has 0 aromatic heterocycles. The van der Waals surface area contributed by atoms with Gasteiger partial charge in [0.1, 0.15) is 6.29 Å². The van der Waals surface area contributed by atoms with Crippen LogP contribution in [0.15, 0.2) is 23.3 Å². The molecule has 6 aliphatic carbocycles. The van der Waals surface area contributed by atoms with Gasteiger partial charge in [-0.15, -0.1) is 0 Å². The highest BCUT2D eigenvalue weighted by Crippen LogP contribution is 2.45. The second-order valence-electron chi connectivity index (χ2n) is 17.4. The number of aldehydes is 1. The molecule has 5 heteroatoms. The van der Waals surface area contributed by atoms with Crippen molar-refractivity contribution in [3.8, 4) is 0 Å². The van der Waals surface area contributed by atoms with E-state index < -0.39 is 0 Å². The quantitative estimate of drug-likeness (QED) is 0.152. The van der Waals surface area contributed by atoms with Crippen LogP contribution < -0.4 is 0 Å². The first kappa shape index (κ1) is 37.7. The molecule has 0 aromatic rings. The van der Waals surface area contributed by atoms with Crippen LogP contribution in [0, 0.1) is 41.4 Å². The summed E-state index contributed by atoms with van der Waals surface area (Å²) in [5, 5.41) is 0. The Labute approximate surface area is 300 Å². The lowest BCUT2D eigenvalue weighted by atomic mass is 9.70. The molecule has 0 aliphatic heterocycles. The standard InChI is InChI=1S/C44H72O5/c1-46-38-22-12-35(13-23-38)43(34-10-4-33(30-45)5-11-34)28-31-6-18-41(19-7-31)49-42-20-8-32(9-21-42)29-44(36-14-24-39(47-2)25-15-36)37-16-26-40(48-3)27-17-37/h28-42H,4-27H2,1-3H3. The highest BCUT2D eigenvalue weighted by atomic mass is 16.5. The van der Waals surface area contributed by atoms with Gasteiger partial charge in [0.15, 0.2) is 0 Å². The highest BCUT2D eigenvalue weighted by molar-refractivity contribution is 5.53. The molecule has 0 atom stereocenters. The van der Waals surface area contributed by atoms with Crippen molar-refractivity contribution in [2.45, 2.75) is 185 Å². The molecule has 0 radical (unpaired) electrons. The van der Waals surface area contributed by atoms with E-state index in [2.05, 4.69) is 12.2 Å². The zero-order valence-corrected chi connectivity index (χ0v) is 31.7. The van der Waals surface area contributed by atoms with Crippen LogP contribution in [-0.2, 0) is 23.7 Å². The van der Waals surface area contributed by atoms with Crippen molar-refractivity contribution in [2.24, 2.45) is 41.4 Å². The summed E-state index contributed by atoms with van der Waals surface area (Å²) in [5.41, 5.74) is 3.59. The Kier molecular flexibility index (Phi) is 14.8. The second kappa shape index (κ2) is 19.2. The van der Waals surface area contributed by atoms with Gasteiger partial charge in [0.2, 0.25) is 0 Å². The van der Waals surface area contributed by atoms with E-state index in [4.69, 9.17) is 18.9 Å². The molecule has 0 unspecified atom stereocenters. The van der Waals surface area contributed by atoms with E-state index >= 15 is 0 Å². The SMILES string of the molecule is COC1CCC(C(=CC2CCC(OC3CCC(C=C(C4CCC(OC)CC4)C4CCC(OC)CC4)CC3)CC2)C2CCC(C=O)CC2)CC1. The van der Waals surface area contributed by atoms with Crippen molar-refractivity contribution in [3.05, 3.63) is 23.3 Å². The fourth-order valence-electron chi connectivity index (χ4n) is 11.3. The third kappa shape index (κ3) is 10.5. The van der Waals surface area contributed by atoms with Crippen LogP contribution in [0.25, 0.3) is 0 Å². The number of carbonyl (C=O) groups is 1. The maximum atomic E-state index is 11.5. The average Bonchev–Trinajstić information content (AvgIpc) is 3.17. The molecular formula is C44H72O5. The first-order chi connectivity index (χ1) is 24.0. The summed E-state index contributed by atoms with van der Waals surface area (Å²) in [4.78, 5) is 11.5. The first-order valence-electron chi connectivity index (χ1n) is 21.2. The number of ether oxygens (including phenoxy) is 4. The number of rotatable bonds is 12. The topological polar surface area (TPSA) is 54.0 Å². The van der Waals surface area contributed by atoms with Gasteiger partial charge in [0, 0.05) is 27.2 Å². The summed E-state index contributed by atoms with van der Waals surface area (Å²) in [5.74, 6) is 4.68. The Balaban J connectivity index is 0.991. The molecule has 0 N–H and O–H groups in total. The van der Waals surface area contributed by atoms with Crippen LogP contribution in [0.5, 0.6) is 0 Å². The van der Waals surface area contributed by atoms with E-state index in [0.717, 1.165) is 36.5 Å². The van der Waals surface area contributed by atoms with Crippen LogP contribution in [0.1, 0.15) is 154 Å². The molecule has 0 bridgehead atoms. The van der Waals surface area contributed by atoms with E-state index in [1.54, 1.807) is 5.57 Å². The van der Waals surface area contributed by atoms with Crippen LogP contribution in [0.2, 0.25) is 0 Å². The predicted molar refractivity (Wildman–Crippen MR) is 199 cm³/mol. The summed E-state index contributed by atoms with van der Waals surface area (Å²) in [6.45, 7) is 0. The lowest BCUT2D eigenvalue weighted by molar-refractivity contribution is -0.112. The minimum absolute atomic E-state index is 0.296. The number of methoxy groups -OCH3 is 3. The van der Waals surface area contributed by atoms with Gasteiger partial charge in [-0.05, 0) is 190 Å². The molecule has 5 nitrogen and oxygen atoms in total. The van der Waals surface area contributed by atoms with Crippen molar-refractivity contribution >= 4 is 6.29 Å². The summed E-state index contributed by atoms with van der Waals surface area (Å²) in [6.07, 6.45) is 38.8. The number of carbonyl (C=O) groups excluding carboxylic acids is 1. The Morgan fingerprint density at radius 3 is 0.918 bits per heavy atom. The second-order valence-corrected chi connectivity index (χ2v) is 17.4. The normalized spacial score (nSPS) is 41.2. The van der Waals surface area contributed by atoms with Gasteiger partial charge in [0.25, 0.3) is 0 Å². The Bertz CT molecular complexity index is 994. The van der Waals surface area contributed by atoms with Gasteiger partial charge in [-0.2, -0.15) is 0 Å². The monoisotopic (exact) mass is 681 g/mol. The predicted octanol–water partition coefficient (Wildman–Crippen LogP) is 10.6. The molecule has 6 saturated carbocycles. The van der Waals surface area contributed by atoms with Gasteiger partial charge in [-0.25, -0.2) is 0 Å². The van der Waals surface area contributed by atoms with Gasteiger partial charge in [0.05, 0.1) is 30.5 Å². The van der Waals surface area contributed by atoms with Gasteiger partial charge in [-0.1, -0.05) is 23.3 Å². The van der Waals surface area contributed by atoms with Crippen molar-refractivity contribution in [3.63, 3.8) is 0 Å². The highest BCUT2D eigenvalue weighted by Gasteiger charge is 2.34. The van der Waals surface area contributed by atoms with E-state index in [1.807, 2.05) is 26.9 Å². The molecule has 0 heterocycles. The van der Waals surface area contributed by atoms with Gasteiger partial charge < -0.3 is 23.7 Å². The van der Waals surface area contributed by atoms with E-state index in [0.29, 0.717) is 48.3 Å². The fraction of sp³-hybridized carbons (Fsp3) is 0.886. The van der Waals surface area contributed by atoms with Crippen molar-refractivity contribution in [1.82, 2.24) is 0 Å². The molecule has 6 fully saturated rings. The van der Waals surface area contributed by atoms with Crippen molar-refractivity contribution < 1.29 is 23.7 Å². The van der Waals surface area contributed by atoms with E-state index in [-0.39, 0.29) is 0 Å². The average molecular weight is 681 g/mol. The summed E-state index contributed by atoms with van der Waals surface area (Å²) >= 11 is 0. The maximum Gasteiger partial charge on any atom is 0.123 e. The molecule has 0 amide bonds. The summed E-state index contributed by atoms with van der Waals surface area (Å²) < 4.78 is 24.1. The smallest absolute Gasteiger partial charge is 0.123 e. The largest absolute Gasteiger partial charge is 0.381 e. The summed E-state index contributed by atoms with van der Waals surface area (Å²) in [6, 6.07) is 0. The Hall–Kier alpha value is -1.01. The summed E-state index contributed by atoms with van der Waals surface area (Å²) in [7, 11) is 5.67. The van der Waals surface area contributed by atoms with Crippen LogP contribution in [0.3, 0.4) is 0 Å². The maximum absolute atomic E-state index is 11.5. The lowest BCUT2D eigenvalue weighted by Gasteiger charge is -2.38. The minimum Gasteiger partial charge on any atom is -0.381 e. The molecule has 0 saturated heterocycles. The zero-order chi connectivity index (χ0) is 34.0. The first-order valence-corrected chi connectivity index (χ1v) is 21.2. The molecule has 0 aromatic carbocycles. The van der Waals surface area contributed by atoms with Crippen LogP contribution >= 0.6 is 0 Å². The van der Waals surface area contributed by atoms with E-state index in [1.165, 1.54) is 148 Å².